The summed E-state index contributed by atoms with van der Waals surface area (Å²) in [7, 11) is 0. The first-order valence-electron chi connectivity index (χ1n) is 11.9. The summed E-state index contributed by atoms with van der Waals surface area (Å²) < 4.78 is 11.4. The van der Waals surface area contributed by atoms with Gasteiger partial charge in [0.15, 0.2) is 5.82 Å². The van der Waals surface area contributed by atoms with Crippen molar-refractivity contribution in [2.45, 2.75) is 26.7 Å². The Morgan fingerprint density at radius 1 is 1.24 bits per heavy atom. The number of carboxylic acids is 1. The third kappa shape index (κ3) is 8.00. The molecule has 34 heavy (non-hydrogen) atoms. The summed E-state index contributed by atoms with van der Waals surface area (Å²) in [4.78, 5) is 20.4. The van der Waals surface area contributed by atoms with E-state index in [0.29, 0.717) is 23.9 Å². The zero-order valence-corrected chi connectivity index (χ0v) is 20.1. The number of carboxylic acid groups (broad SMARTS) is 1. The Labute approximate surface area is 201 Å². The topological polar surface area (TPSA) is 99.5 Å². The van der Waals surface area contributed by atoms with Crippen LogP contribution in [0.1, 0.15) is 42.6 Å². The molecule has 0 atom stereocenters. The number of hydrazone groups is 1. The molecule has 1 saturated heterocycles. The van der Waals surface area contributed by atoms with E-state index in [2.05, 4.69) is 39.2 Å². The number of morpholine rings is 1. The SMILES string of the molecule is CCCN(CCC)c1cc(N/N=C/c2cccc(C(=O)O)c2)nc(OCCN2CCOCC2)c1. The Bertz CT molecular complexity index is 941. The molecule has 0 aliphatic carbocycles. The molecule has 2 aromatic rings. The molecule has 0 radical (unpaired) electrons. The van der Waals surface area contributed by atoms with Gasteiger partial charge in [-0.1, -0.05) is 26.0 Å². The Hall–Kier alpha value is -3.17. The monoisotopic (exact) mass is 469 g/mol. The van der Waals surface area contributed by atoms with Crippen molar-refractivity contribution in [1.82, 2.24) is 9.88 Å². The van der Waals surface area contributed by atoms with Gasteiger partial charge in [0.25, 0.3) is 0 Å². The van der Waals surface area contributed by atoms with Gasteiger partial charge >= 0.3 is 5.97 Å². The van der Waals surface area contributed by atoms with E-state index in [9.17, 15) is 4.79 Å². The number of nitrogens with one attached hydrogen (secondary N) is 1. The second-order valence-electron chi connectivity index (χ2n) is 8.14. The molecule has 2 heterocycles. The maximum absolute atomic E-state index is 11.2. The van der Waals surface area contributed by atoms with Crippen LogP contribution in [0.2, 0.25) is 0 Å². The Morgan fingerprint density at radius 2 is 2.00 bits per heavy atom. The molecule has 1 aliphatic rings. The average molecular weight is 470 g/mol. The molecule has 0 spiro atoms. The van der Waals surface area contributed by atoms with E-state index >= 15 is 0 Å². The van der Waals surface area contributed by atoms with Gasteiger partial charge in [-0.3, -0.25) is 10.3 Å². The molecular formula is C25H35N5O4. The highest BCUT2D eigenvalue weighted by Gasteiger charge is 2.13. The number of benzene rings is 1. The van der Waals surface area contributed by atoms with Gasteiger partial charge < -0.3 is 19.5 Å². The minimum atomic E-state index is -0.969. The molecule has 0 bridgehead atoms. The molecule has 1 aromatic heterocycles. The highest BCUT2D eigenvalue weighted by atomic mass is 16.5. The minimum Gasteiger partial charge on any atom is -0.478 e. The summed E-state index contributed by atoms with van der Waals surface area (Å²) >= 11 is 0. The molecule has 1 aliphatic heterocycles. The molecule has 9 nitrogen and oxygen atoms in total. The Balaban J connectivity index is 1.72. The summed E-state index contributed by atoms with van der Waals surface area (Å²) in [6.45, 7) is 10.9. The van der Waals surface area contributed by atoms with Crippen LogP contribution in [0.25, 0.3) is 0 Å². The largest absolute Gasteiger partial charge is 0.478 e. The van der Waals surface area contributed by atoms with Crippen molar-refractivity contribution in [2.24, 2.45) is 5.10 Å². The van der Waals surface area contributed by atoms with E-state index in [0.717, 1.165) is 64.5 Å². The number of pyridine rings is 1. The lowest BCUT2D eigenvalue weighted by molar-refractivity contribution is 0.0320. The highest BCUT2D eigenvalue weighted by molar-refractivity contribution is 5.91. The van der Waals surface area contributed by atoms with Crippen LogP contribution < -0.4 is 15.1 Å². The fourth-order valence-electron chi connectivity index (χ4n) is 3.74. The van der Waals surface area contributed by atoms with Gasteiger partial charge in [0.2, 0.25) is 5.88 Å². The van der Waals surface area contributed by atoms with E-state index in [4.69, 9.17) is 14.6 Å². The van der Waals surface area contributed by atoms with Crippen LogP contribution >= 0.6 is 0 Å². The molecule has 3 rings (SSSR count). The van der Waals surface area contributed by atoms with E-state index in [1.165, 1.54) is 0 Å². The van der Waals surface area contributed by atoms with E-state index in [1.807, 2.05) is 12.1 Å². The lowest BCUT2D eigenvalue weighted by atomic mass is 10.1. The number of aromatic nitrogens is 1. The van der Waals surface area contributed by atoms with Gasteiger partial charge in [-0.25, -0.2) is 4.79 Å². The van der Waals surface area contributed by atoms with E-state index in [-0.39, 0.29) is 5.56 Å². The van der Waals surface area contributed by atoms with Crippen molar-refractivity contribution in [1.29, 1.82) is 0 Å². The predicted octanol–water partition coefficient (Wildman–Crippen LogP) is 3.56. The third-order valence-corrected chi connectivity index (χ3v) is 5.43. The van der Waals surface area contributed by atoms with Crippen LogP contribution in [0.5, 0.6) is 5.88 Å². The van der Waals surface area contributed by atoms with Crippen LogP contribution in [0.3, 0.4) is 0 Å². The average Bonchev–Trinajstić information content (AvgIpc) is 2.85. The number of rotatable bonds is 13. The number of ether oxygens (including phenoxy) is 2. The summed E-state index contributed by atoms with van der Waals surface area (Å²) in [6.07, 6.45) is 3.66. The molecule has 2 N–H and O–H groups in total. The van der Waals surface area contributed by atoms with Crippen LogP contribution in [0, 0.1) is 0 Å². The highest BCUT2D eigenvalue weighted by Crippen LogP contribution is 2.24. The number of aromatic carboxylic acids is 1. The van der Waals surface area contributed by atoms with Gasteiger partial charge in [-0.2, -0.15) is 10.1 Å². The minimum absolute atomic E-state index is 0.217. The van der Waals surface area contributed by atoms with E-state index < -0.39 is 5.97 Å². The number of hydrogen-bond acceptors (Lipinski definition) is 8. The molecule has 9 heteroatoms. The molecule has 0 amide bonds. The van der Waals surface area contributed by atoms with Crippen molar-refractivity contribution < 1.29 is 19.4 Å². The third-order valence-electron chi connectivity index (χ3n) is 5.43. The lowest BCUT2D eigenvalue weighted by Gasteiger charge is -2.26. The molecule has 184 valence electrons. The van der Waals surface area contributed by atoms with Crippen molar-refractivity contribution in [2.75, 3.05) is 62.9 Å². The molecule has 1 fully saturated rings. The summed E-state index contributed by atoms with van der Waals surface area (Å²) in [5.41, 5.74) is 4.91. The Kier molecular flexibility index (Phi) is 10.1. The zero-order valence-electron chi connectivity index (χ0n) is 20.1. The predicted molar refractivity (Wildman–Crippen MR) is 134 cm³/mol. The van der Waals surface area contributed by atoms with Crippen LogP contribution in [-0.2, 0) is 4.74 Å². The Morgan fingerprint density at radius 3 is 2.71 bits per heavy atom. The van der Waals surface area contributed by atoms with E-state index in [1.54, 1.807) is 30.5 Å². The number of carbonyl (C=O) groups is 1. The normalized spacial score (nSPS) is 14.3. The molecule has 0 saturated carbocycles. The summed E-state index contributed by atoms with van der Waals surface area (Å²) in [5, 5.41) is 13.4. The van der Waals surface area contributed by atoms with Crippen molar-refractivity contribution in [3.8, 4) is 5.88 Å². The van der Waals surface area contributed by atoms with Gasteiger partial charge in [0, 0.05) is 50.5 Å². The zero-order chi connectivity index (χ0) is 24.2. The summed E-state index contributed by atoms with van der Waals surface area (Å²) in [6, 6.07) is 10.6. The maximum atomic E-state index is 11.2. The van der Waals surface area contributed by atoms with Gasteiger partial charge in [0.1, 0.15) is 6.61 Å². The van der Waals surface area contributed by atoms with Crippen LogP contribution in [0.15, 0.2) is 41.5 Å². The fourth-order valence-corrected chi connectivity index (χ4v) is 3.74. The first-order chi connectivity index (χ1) is 16.6. The number of anilines is 2. The van der Waals surface area contributed by atoms with Crippen molar-refractivity contribution in [3.05, 3.63) is 47.5 Å². The quantitative estimate of drug-likeness (QED) is 0.339. The first kappa shape index (κ1) is 25.5. The lowest BCUT2D eigenvalue weighted by Crippen LogP contribution is -2.38. The number of hydrogen-bond donors (Lipinski definition) is 2. The molecular weight excluding hydrogens is 434 g/mol. The van der Waals surface area contributed by atoms with Gasteiger partial charge in [-0.15, -0.1) is 0 Å². The van der Waals surface area contributed by atoms with Crippen LogP contribution in [0.4, 0.5) is 11.5 Å². The first-order valence-corrected chi connectivity index (χ1v) is 11.9. The standard InChI is InChI=1S/C25H35N5O4/c1-3-8-30(9-4-2)22-17-23(28-26-19-20-6-5-7-21(16-20)25(31)32)27-24(18-22)34-15-12-29-10-13-33-14-11-29/h5-7,16-19H,3-4,8-15H2,1-2H3,(H,27,28)(H,31,32)/b26-19+. The molecule has 0 unspecified atom stereocenters. The van der Waals surface area contributed by atoms with Crippen LogP contribution in [-0.4, -0.2) is 79.7 Å². The summed E-state index contributed by atoms with van der Waals surface area (Å²) in [5.74, 6) is 0.152. The second-order valence-corrected chi connectivity index (χ2v) is 8.14. The van der Waals surface area contributed by atoms with Crippen molar-refractivity contribution >= 4 is 23.7 Å². The van der Waals surface area contributed by atoms with Gasteiger partial charge in [-0.05, 0) is 30.5 Å². The fraction of sp³-hybridized carbons (Fsp3) is 0.480. The second kappa shape index (κ2) is 13.5. The number of nitrogens with zero attached hydrogens (tertiary/aromatic N) is 4. The smallest absolute Gasteiger partial charge is 0.335 e. The molecule has 1 aromatic carbocycles. The van der Waals surface area contributed by atoms with Gasteiger partial charge in [0.05, 0.1) is 25.0 Å². The maximum Gasteiger partial charge on any atom is 0.335 e. The van der Waals surface area contributed by atoms with Crippen molar-refractivity contribution in [3.63, 3.8) is 0 Å².